The minimum Gasteiger partial charge on any atom is -0.318 e. The van der Waals surface area contributed by atoms with Crippen molar-refractivity contribution in [2.45, 2.75) is 43.8 Å². The highest BCUT2D eigenvalue weighted by Crippen LogP contribution is 2.40. The van der Waals surface area contributed by atoms with E-state index in [9.17, 15) is 4.79 Å². The molecule has 2 unspecified atom stereocenters. The predicted molar refractivity (Wildman–Crippen MR) is 92.4 cm³/mol. The average Bonchev–Trinajstić information content (AvgIpc) is 3.18. The number of carbonyl (C=O) groups is 1. The molecule has 1 N–H and O–H groups in total. The van der Waals surface area contributed by atoms with Gasteiger partial charge in [0.2, 0.25) is 0 Å². The molecule has 126 valence electrons. The van der Waals surface area contributed by atoms with Crippen molar-refractivity contribution in [3.05, 3.63) is 40.9 Å². The highest BCUT2D eigenvalue weighted by Gasteiger charge is 2.44. The van der Waals surface area contributed by atoms with Crippen molar-refractivity contribution in [3.63, 3.8) is 0 Å². The molecule has 2 bridgehead atoms. The maximum atomic E-state index is 12.7. The fraction of sp³-hybridized carbons (Fsp3) is 0.438. The van der Waals surface area contributed by atoms with Gasteiger partial charge in [0.1, 0.15) is 12.7 Å². The zero-order valence-electron chi connectivity index (χ0n) is 12.9. The number of hydrogen-bond donors (Lipinski definition) is 1. The molecule has 2 amide bonds. The molecule has 1 aromatic carbocycles. The number of piperidine rings is 1. The summed E-state index contributed by atoms with van der Waals surface area (Å²) in [6.45, 7) is 0. The van der Waals surface area contributed by atoms with Crippen molar-refractivity contribution in [2.75, 3.05) is 5.32 Å². The number of nitrogens with one attached hydrogen (secondary N) is 1. The number of anilines is 1. The summed E-state index contributed by atoms with van der Waals surface area (Å²) in [5.41, 5.74) is 0.659. The minimum atomic E-state index is -0.0714. The first kappa shape index (κ1) is 15.7. The second-order valence-corrected chi connectivity index (χ2v) is 7.17. The number of amides is 2. The van der Waals surface area contributed by atoms with Gasteiger partial charge in [0, 0.05) is 17.8 Å². The maximum absolute atomic E-state index is 12.7. The minimum absolute atomic E-state index is 0.0714. The van der Waals surface area contributed by atoms with E-state index in [1.807, 2.05) is 9.58 Å². The molecule has 0 spiro atoms. The number of benzene rings is 1. The van der Waals surface area contributed by atoms with Crippen LogP contribution in [0.5, 0.6) is 0 Å². The highest BCUT2D eigenvalue weighted by atomic mass is 35.5. The monoisotopic (exact) mass is 365 g/mol. The molecule has 3 heterocycles. The van der Waals surface area contributed by atoms with Crippen LogP contribution in [0.15, 0.2) is 30.9 Å². The highest BCUT2D eigenvalue weighted by molar-refractivity contribution is 6.42. The van der Waals surface area contributed by atoms with Gasteiger partial charge in [0.25, 0.3) is 0 Å². The molecule has 1 aromatic heterocycles. The maximum Gasteiger partial charge on any atom is 0.322 e. The van der Waals surface area contributed by atoms with Crippen LogP contribution < -0.4 is 5.32 Å². The fourth-order valence-electron chi connectivity index (χ4n) is 3.86. The third kappa shape index (κ3) is 2.84. The van der Waals surface area contributed by atoms with Gasteiger partial charge in [0.15, 0.2) is 0 Å². The number of hydrogen-bond acceptors (Lipinski definition) is 3. The van der Waals surface area contributed by atoms with E-state index in [1.54, 1.807) is 30.9 Å². The summed E-state index contributed by atoms with van der Waals surface area (Å²) >= 11 is 11.9. The van der Waals surface area contributed by atoms with Gasteiger partial charge in [0.05, 0.1) is 16.1 Å². The molecule has 4 rings (SSSR count). The molecule has 2 atom stereocenters. The molecule has 8 heteroatoms. The molecule has 2 aliphatic heterocycles. The van der Waals surface area contributed by atoms with Gasteiger partial charge < -0.3 is 10.2 Å². The van der Waals surface area contributed by atoms with Crippen molar-refractivity contribution in [3.8, 4) is 0 Å². The number of aromatic nitrogens is 3. The molecule has 24 heavy (non-hydrogen) atoms. The molecule has 0 aliphatic carbocycles. The molecule has 2 aromatic rings. The number of urea groups is 1. The van der Waals surface area contributed by atoms with Crippen LogP contribution in [0.3, 0.4) is 0 Å². The Labute approximate surface area is 149 Å². The van der Waals surface area contributed by atoms with Gasteiger partial charge in [-0.25, -0.2) is 14.5 Å². The second kappa shape index (κ2) is 6.26. The zero-order valence-corrected chi connectivity index (χ0v) is 14.4. The summed E-state index contributed by atoms with van der Waals surface area (Å²) in [6, 6.07) is 5.84. The Morgan fingerprint density at radius 1 is 1.12 bits per heavy atom. The van der Waals surface area contributed by atoms with Crippen molar-refractivity contribution < 1.29 is 4.79 Å². The summed E-state index contributed by atoms with van der Waals surface area (Å²) in [6.07, 6.45) is 7.21. The first-order valence-corrected chi connectivity index (χ1v) is 8.76. The van der Waals surface area contributed by atoms with E-state index < -0.39 is 0 Å². The van der Waals surface area contributed by atoms with Gasteiger partial charge in [-0.2, -0.15) is 5.10 Å². The van der Waals surface area contributed by atoms with Gasteiger partial charge in [-0.3, -0.25) is 0 Å². The van der Waals surface area contributed by atoms with Crippen LogP contribution in [0.4, 0.5) is 10.5 Å². The Morgan fingerprint density at radius 2 is 1.88 bits per heavy atom. The number of nitrogens with zero attached hydrogens (tertiary/aromatic N) is 4. The van der Waals surface area contributed by atoms with Gasteiger partial charge in [-0.15, -0.1) is 0 Å². The average molecular weight is 366 g/mol. The van der Waals surface area contributed by atoms with E-state index in [0.29, 0.717) is 21.8 Å². The predicted octanol–water partition coefficient (Wildman–Crippen LogP) is 3.98. The summed E-state index contributed by atoms with van der Waals surface area (Å²) < 4.78 is 1.92. The lowest BCUT2D eigenvalue weighted by atomic mass is 9.98. The fourth-order valence-corrected chi connectivity index (χ4v) is 4.16. The van der Waals surface area contributed by atoms with Crippen LogP contribution in [-0.2, 0) is 0 Å². The topological polar surface area (TPSA) is 63.1 Å². The Bertz CT molecular complexity index is 737. The molecule has 6 nitrogen and oxygen atoms in total. The number of fused-ring (bicyclic) bond motifs is 2. The lowest BCUT2D eigenvalue weighted by Crippen LogP contribution is -2.48. The molecular formula is C16H17Cl2N5O. The Hall–Kier alpha value is -1.79. The van der Waals surface area contributed by atoms with Crippen LogP contribution >= 0.6 is 23.2 Å². The van der Waals surface area contributed by atoms with Gasteiger partial charge >= 0.3 is 6.03 Å². The molecular weight excluding hydrogens is 349 g/mol. The summed E-state index contributed by atoms with van der Waals surface area (Å²) in [4.78, 5) is 18.7. The quantitative estimate of drug-likeness (QED) is 0.874. The number of carbonyl (C=O) groups excluding carboxylic acids is 1. The molecule has 0 radical (unpaired) electrons. The zero-order chi connectivity index (χ0) is 16.7. The molecule has 0 saturated carbocycles. The molecule has 2 fully saturated rings. The lowest BCUT2D eigenvalue weighted by Gasteiger charge is -2.38. The van der Waals surface area contributed by atoms with E-state index in [4.69, 9.17) is 23.2 Å². The Kier molecular flexibility index (Phi) is 4.10. The Morgan fingerprint density at radius 3 is 2.50 bits per heavy atom. The molecule has 2 aliphatic rings. The van der Waals surface area contributed by atoms with E-state index in [0.717, 1.165) is 25.7 Å². The number of rotatable bonds is 2. The van der Waals surface area contributed by atoms with Gasteiger partial charge in [-0.05, 0) is 43.9 Å². The van der Waals surface area contributed by atoms with Crippen LogP contribution in [0.2, 0.25) is 10.0 Å². The third-order valence-corrected chi connectivity index (χ3v) is 5.66. The van der Waals surface area contributed by atoms with Crippen LogP contribution in [0.25, 0.3) is 0 Å². The normalized spacial score (nSPS) is 25.8. The van der Waals surface area contributed by atoms with Crippen LogP contribution in [0.1, 0.15) is 31.7 Å². The molecule has 2 saturated heterocycles. The van der Waals surface area contributed by atoms with E-state index >= 15 is 0 Å². The summed E-state index contributed by atoms with van der Waals surface area (Å²) in [5.74, 6) is 0. The van der Waals surface area contributed by atoms with Gasteiger partial charge in [-0.1, -0.05) is 23.2 Å². The van der Waals surface area contributed by atoms with Crippen LogP contribution in [-0.4, -0.2) is 37.8 Å². The lowest BCUT2D eigenvalue weighted by molar-refractivity contribution is 0.129. The second-order valence-electron chi connectivity index (χ2n) is 6.35. The van der Waals surface area contributed by atoms with Crippen LogP contribution in [0, 0.1) is 0 Å². The van der Waals surface area contributed by atoms with Crippen molar-refractivity contribution in [1.82, 2.24) is 19.7 Å². The van der Waals surface area contributed by atoms with Crippen molar-refractivity contribution in [1.29, 1.82) is 0 Å². The summed E-state index contributed by atoms with van der Waals surface area (Å²) in [5, 5.41) is 8.10. The smallest absolute Gasteiger partial charge is 0.318 e. The van der Waals surface area contributed by atoms with Crippen molar-refractivity contribution >= 4 is 34.9 Å². The van der Waals surface area contributed by atoms with E-state index in [1.165, 1.54) is 0 Å². The third-order valence-electron chi connectivity index (χ3n) is 4.92. The Balaban J connectivity index is 1.47. The number of halogens is 2. The summed E-state index contributed by atoms with van der Waals surface area (Å²) in [7, 11) is 0. The SMILES string of the molecule is O=C(Nc1ccc(Cl)c(Cl)c1)N1C2CCC1CC(n1cncn1)C2. The van der Waals surface area contributed by atoms with E-state index in [-0.39, 0.29) is 18.1 Å². The van der Waals surface area contributed by atoms with E-state index in [2.05, 4.69) is 15.4 Å². The largest absolute Gasteiger partial charge is 0.322 e. The first-order chi connectivity index (χ1) is 11.6. The first-order valence-electron chi connectivity index (χ1n) is 8.00. The standard InChI is InChI=1S/C16H17Cl2N5O/c17-14-4-1-10(5-15(14)18)21-16(24)23-11-2-3-12(23)7-13(6-11)22-9-19-8-20-22/h1,4-5,8-9,11-13H,2-3,6-7H2,(H,21,24). The van der Waals surface area contributed by atoms with Crippen molar-refractivity contribution in [2.24, 2.45) is 0 Å².